The number of nitrogens with one attached hydrogen (secondary N) is 1. The molecule has 0 bridgehead atoms. The highest BCUT2D eigenvalue weighted by Crippen LogP contribution is 2.47. The fourth-order valence-electron chi connectivity index (χ4n) is 1.48. The maximum Gasteiger partial charge on any atom is 0.224 e. The molecule has 1 saturated carbocycles. The first kappa shape index (κ1) is 11.5. The Morgan fingerprint density at radius 3 is 2.71 bits per heavy atom. The minimum absolute atomic E-state index is 0.0247. The fourth-order valence-corrected chi connectivity index (χ4v) is 1.48. The molecule has 0 heterocycles. The maximum atomic E-state index is 11.4. The molecule has 4 nitrogen and oxygen atoms in total. The van der Waals surface area contributed by atoms with Crippen molar-refractivity contribution >= 4 is 5.91 Å². The van der Waals surface area contributed by atoms with Gasteiger partial charge in [-0.1, -0.05) is 6.92 Å². The van der Waals surface area contributed by atoms with E-state index >= 15 is 0 Å². The molecule has 1 fully saturated rings. The zero-order chi connectivity index (χ0) is 10.6. The van der Waals surface area contributed by atoms with Crippen molar-refractivity contribution in [3.63, 3.8) is 0 Å². The zero-order valence-electron chi connectivity index (χ0n) is 8.75. The number of rotatable bonds is 6. The van der Waals surface area contributed by atoms with E-state index in [-0.39, 0.29) is 23.8 Å². The number of aliphatic hydroxyl groups is 1. The Morgan fingerprint density at radius 2 is 2.29 bits per heavy atom. The Morgan fingerprint density at radius 1 is 1.64 bits per heavy atom. The number of hydrogen-bond donors (Lipinski definition) is 3. The molecule has 1 aliphatic rings. The SMILES string of the molecule is CC(CN)C(=O)NCC1(CCO)CC1. The Hall–Kier alpha value is -0.610. The van der Waals surface area contributed by atoms with Crippen LogP contribution < -0.4 is 11.1 Å². The minimum Gasteiger partial charge on any atom is -0.396 e. The summed E-state index contributed by atoms with van der Waals surface area (Å²) in [5.41, 5.74) is 5.58. The van der Waals surface area contributed by atoms with Gasteiger partial charge < -0.3 is 16.2 Å². The van der Waals surface area contributed by atoms with Gasteiger partial charge in [0, 0.05) is 25.6 Å². The Labute approximate surface area is 84.9 Å². The number of carbonyl (C=O) groups excluding carboxylic acids is 1. The van der Waals surface area contributed by atoms with Gasteiger partial charge in [0.15, 0.2) is 0 Å². The van der Waals surface area contributed by atoms with Crippen molar-refractivity contribution < 1.29 is 9.90 Å². The van der Waals surface area contributed by atoms with Crippen LogP contribution in [0.1, 0.15) is 26.2 Å². The first-order chi connectivity index (χ1) is 6.63. The van der Waals surface area contributed by atoms with Crippen LogP contribution in [0.5, 0.6) is 0 Å². The molecule has 1 rings (SSSR count). The molecule has 1 unspecified atom stereocenters. The predicted octanol–water partition coefficient (Wildman–Crippen LogP) is -0.140. The van der Waals surface area contributed by atoms with E-state index < -0.39 is 0 Å². The predicted molar refractivity (Wildman–Crippen MR) is 54.6 cm³/mol. The number of aliphatic hydroxyl groups excluding tert-OH is 1. The summed E-state index contributed by atoms with van der Waals surface area (Å²) >= 11 is 0. The Bertz CT molecular complexity index is 202. The summed E-state index contributed by atoms with van der Waals surface area (Å²) in [6.45, 7) is 3.11. The van der Waals surface area contributed by atoms with Gasteiger partial charge >= 0.3 is 0 Å². The summed E-state index contributed by atoms with van der Waals surface area (Å²) in [6, 6.07) is 0. The highest BCUT2D eigenvalue weighted by molar-refractivity contribution is 5.78. The van der Waals surface area contributed by atoms with Gasteiger partial charge in [0.25, 0.3) is 0 Å². The van der Waals surface area contributed by atoms with Crippen LogP contribution >= 0.6 is 0 Å². The molecule has 0 aromatic heterocycles. The third-order valence-corrected chi connectivity index (χ3v) is 3.04. The molecule has 14 heavy (non-hydrogen) atoms. The largest absolute Gasteiger partial charge is 0.396 e. The lowest BCUT2D eigenvalue weighted by Gasteiger charge is -2.16. The van der Waals surface area contributed by atoms with Crippen LogP contribution in [-0.2, 0) is 4.79 Å². The number of nitrogens with two attached hydrogens (primary N) is 1. The number of hydrogen-bond acceptors (Lipinski definition) is 3. The van der Waals surface area contributed by atoms with E-state index in [0.29, 0.717) is 13.1 Å². The van der Waals surface area contributed by atoms with E-state index in [1.165, 1.54) is 0 Å². The molecular weight excluding hydrogens is 180 g/mol. The quantitative estimate of drug-likeness (QED) is 0.558. The lowest BCUT2D eigenvalue weighted by atomic mass is 10.0. The van der Waals surface area contributed by atoms with E-state index in [9.17, 15) is 4.79 Å². The molecule has 1 amide bonds. The molecule has 4 heteroatoms. The maximum absolute atomic E-state index is 11.4. The lowest BCUT2D eigenvalue weighted by Crippen LogP contribution is -2.37. The molecule has 4 N–H and O–H groups in total. The summed E-state index contributed by atoms with van der Waals surface area (Å²) in [5.74, 6) is -0.0864. The molecule has 0 radical (unpaired) electrons. The van der Waals surface area contributed by atoms with E-state index in [0.717, 1.165) is 19.3 Å². The van der Waals surface area contributed by atoms with Crippen LogP contribution in [0.2, 0.25) is 0 Å². The van der Waals surface area contributed by atoms with Crippen LogP contribution in [0.3, 0.4) is 0 Å². The van der Waals surface area contributed by atoms with E-state index in [1.54, 1.807) is 0 Å². The normalized spacial score (nSPS) is 20.2. The minimum atomic E-state index is -0.111. The average Bonchev–Trinajstić information content (AvgIpc) is 2.94. The summed E-state index contributed by atoms with van der Waals surface area (Å²) in [7, 11) is 0. The molecule has 0 saturated heterocycles. The van der Waals surface area contributed by atoms with Gasteiger partial charge in [-0.2, -0.15) is 0 Å². The summed E-state index contributed by atoms with van der Waals surface area (Å²) in [5, 5.41) is 11.7. The molecule has 1 aliphatic carbocycles. The van der Waals surface area contributed by atoms with Crippen molar-refractivity contribution in [2.24, 2.45) is 17.1 Å². The standard InChI is InChI=1S/C10H20N2O2/c1-8(6-11)9(14)12-7-10(2-3-10)4-5-13/h8,13H,2-7,11H2,1H3,(H,12,14). The van der Waals surface area contributed by atoms with Crippen LogP contribution in [-0.4, -0.2) is 30.7 Å². The second-order valence-electron chi connectivity index (χ2n) is 4.33. The Balaban J connectivity index is 2.23. The summed E-state index contributed by atoms with van der Waals surface area (Å²) in [4.78, 5) is 11.4. The van der Waals surface area contributed by atoms with Gasteiger partial charge in [0.2, 0.25) is 5.91 Å². The van der Waals surface area contributed by atoms with Gasteiger partial charge in [-0.3, -0.25) is 4.79 Å². The third kappa shape index (κ3) is 2.96. The highest BCUT2D eigenvalue weighted by atomic mass is 16.3. The first-order valence-electron chi connectivity index (χ1n) is 5.22. The summed E-state index contributed by atoms with van der Waals surface area (Å²) < 4.78 is 0. The van der Waals surface area contributed by atoms with Crippen LogP contribution in [0.25, 0.3) is 0 Å². The molecule has 0 aliphatic heterocycles. The molecule has 0 aromatic carbocycles. The smallest absolute Gasteiger partial charge is 0.224 e. The van der Waals surface area contributed by atoms with E-state index in [2.05, 4.69) is 5.32 Å². The third-order valence-electron chi connectivity index (χ3n) is 3.04. The van der Waals surface area contributed by atoms with Crippen molar-refractivity contribution in [2.75, 3.05) is 19.7 Å². The van der Waals surface area contributed by atoms with Crippen molar-refractivity contribution in [1.29, 1.82) is 0 Å². The molecule has 0 aromatic rings. The van der Waals surface area contributed by atoms with Crippen LogP contribution in [0.15, 0.2) is 0 Å². The zero-order valence-corrected chi connectivity index (χ0v) is 8.75. The van der Waals surface area contributed by atoms with Crippen molar-refractivity contribution in [3.05, 3.63) is 0 Å². The number of amides is 1. The van der Waals surface area contributed by atoms with Gasteiger partial charge in [-0.25, -0.2) is 0 Å². The first-order valence-corrected chi connectivity index (χ1v) is 5.22. The van der Waals surface area contributed by atoms with Crippen LogP contribution in [0, 0.1) is 11.3 Å². The van der Waals surface area contributed by atoms with Gasteiger partial charge in [0.05, 0.1) is 0 Å². The lowest BCUT2D eigenvalue weighted by molar-refractivity contribution is -0.124. The molecule has 82 valence electrons. The van der Waals surface area contributed by atoms with Crippen molar-refractivity contribution in [1.82, 2.24) is 5.32 Å². The molecule has 1 atom stereocenters. The van der Waals surface area contributed by atoms with E-state index in [1.807, 2.05) is 6.92 Å². The summed E-state index contributed by atoms with van der Waals surface area (Å²) in [6.07, 6.45) is 3.03. The number of carbonyl (C=O) groups is 1. The van der Waals surface area contributed by atoms with Gasteiger partial charge in [-0.15, -0.1) is 0 Å². The topological polar surface area (TPSA) is 75.4 Å². The highest BCUT2D eigenvalue weighted by Gasteiger charge is 2.41. The second kappa shape index (κ2) is 4.75. The molecular formula is C10H20N2O2. The van der Waals surface area contributed by atoms with Crippen molar-refractivity contribution in [3.8, 4) is 0 Å². The molecule has 0 spiro atoms. The average molecular weight is 200 g/mol. The monoisotopic (exact) mass is 200 g/mol. The van der Waals surface area contributed by atoms with Gasteiger partial charge in [-0.05, 0) is 24.7 Å². The Kier molecular flexibility index (Phi) is 3.89. The fraction of sp³-hybridized carbons (Fsp3) is 0.900. The van der Waals surface area contributed by atoms with Crippen LogP contribution in [0.4, 0.5) is 0 Å². The van der Waals surface area contributed by atoms with E-state index in [4.69, 9.17) is 10.8 Å². The van der Waals surface area contributed by atoms with Crippen molar-refractivity contribution in [2.45, 2.75) is 26.2 Å². The van der Waals surface area contributed by atoms with Gasteiger partial charge in [0.1, 0.15) is 0 Å². The second-order valence-corrected chi connectivity index (χ2v) is 4.33.